The van der Waals surface area contributed by atoms with Crippen molar-refractivity contribution >= 4 is 11.0 Å². The fourth-order valence-electron chi connectivity index (χ4n) is 2.31. The molecule has 2 aromatic carbocycles. The molecule has 3 nitrogen and oxygen atoms in total. The van der Waals surface area contributed by atoms with Crippen LogP contribution >= 0.6 is 0 Å². The van der Waals surface area contributed by atoms with Crippen molar-refractivity contribution in [2.24, 2.45) is 12.8 Å². The average molecular weight is 291 g/mol. The van der Waals surface area contributed by atoms with Gasteiger partial charge in [0.15, 0.2) is 17.5 Å². The first kappa shape index (κ1) is 13.6. The number of aromatic nitrogens is 2. The van der Waals surface area contributed by atoms with Gasteiger partial charge in [-0.05, 0) is 29.8 Å². The highest BCUT2D eigenvalue weighted by Crippen LogP contribution is 2.26. The van der Waals surface area contributed by atoms with Crippen LogP contribution in [-0.4, -0.2) is 9.55 Å². The Balaban J connectivity index is 2.23. The summed E-state index contributed by atoms with van der Waals surface area (Å²) in [6.07, 6.45) is 0. The van der Waals surface area contributed by atoms with Gasteiger partial charge in [0.05, 0.1) is 11.0 Å². The Kier molecular flexibility index (Phi) is 3.17. The van der Waals surface area contributed by atoms with Gasteiger partial charge in [0, 0.05) is 19.2 Å². The van der Waals surface area contributed by atoms with E-state index in [0.29, 0.717) is 17.9 Å². The number of nitrogens with two attached hydrogens (primary N) is 1. The minimum atomic E-state index is -1.48. The second-order valence-electron chi connectivity index (χ2n) is 4.78. The van der Waals surface area contributed by atoms with Gasteiger partial charge >= 0.3 is 0 Å². The fourth-order valence-corrected chi connectivity index (χ4v) is 2.31. The molecule has 0 amide bonds. The second-order valence-corrected chi connectivity index (χ2v) is 4.78. The van der Waals surface area contributed by atoms with Crippen LogP contribution in [-0.2, 0) is 13.6 Å². The van der Waals surface area contributed by atoms with Crippen molar-refractivity contribution in [3.63, 3.8) is 0 Å². The molecule has 0 fully saturated rings. The molecule has 0 bridgehead atoms. The third-order valence-electron chi connectivity index (χ3n) is 3.42. The van der Waals surface area contributed by atoms with Crippen LogP contribution in [0.2, 0.25) is 0 Å². The summed E-state index contributed by atoms with van der Waals surface area (Å²) in [6, 6.07) is 7.36. The number of aryl methyl sites for hydroxylation is 1. The van der Waals surface area contributed by atoms with Gasteiger partial charge in [0.2, 0.25) is 0 Å². The molecule has 21 heavy (non-hydrogen) atoms. The summed E-state index contributed by atoms with van der Waals surface area (Å²) in [6.45, 7) is 0.385. The SMILES string of the molecule is Cn1c(-c2cc(F)c(F)c(F)c2)nc2ccc(CN)cc21. The normalized spacial score (nSPS) is 11.3. The van der Waals surface area contributed by atoms with Gasteiger partial charge in [-0.25, -0.2) is 18.2 Å². The summed E-state index contributed by atoms with van der Waals surface area (Å²) in [5.74, 6) is -3.60. The lowest BCUT2D eigenvalue weighted by atomic mass is 10.2. The van der Waals surface area contributed by atoms with Crippen LogP contribution in [0, 0.1) is 17.5 Å². The first-order valence-electron chi connectivity index (χ1n) is 6.31. The number of rotatable bonds is 2. The zero-order chi connectivity index (χ0) is 15.1. The van der Waals surface area contributed by atoms with E-state index in [1.165, 1.54) is 0 Å². The van der Waals surface area contributed by atoms with E-state index in [2.05, 4.69) is 4.98 Å². The van der Waals surface area contributed by atoms with Gasteiger partial charge in [0.1, 0.15) is 5.82 Å². The second kappa shape index (κ2) is 4.89. The number of hydrogen-bond acceptors (Lipinski definition) is 2. The van der Waals surface area contributed by atoms with E-state index < -0.39 is 17.5 Å². The quantitative estimate of drug-likeness (QED) is 0.737. The maximum atomic E-state index is 13.4. The van der Waals surface area contributed by atoms with Crippen molar-refractivity contribution < 1.29 is 13.2 Å². The van der Waals surface area contributed by atoms with Crippen LogP contribution in [0.5, 0.6) is 0 Å². The third kappa shape index (κ3) is 2.17. The van der Waals surface area contributed by atoms with Crippen LogP contribution < -0.4 is 5.73 Å². The van der Waals surface area contributed by atoms with Crippen LogP contribution in [0.4, 0.5) is 13.2 Å². The highest BCUT2D eigenvalue weighted by Gasteiger charge is 2.16. The molecule has 0 radical (unpaired) electrons. The van der Waals surface area contributed by atoms with Crippen LogP contribution in [0.3, 0.4) is 0 Å². The van der Waals surface area contributed by atoms with Crippen molar-refractivity contribution in [2.75, 3.05) is 0 Å². The Morgan fingerprint density at radius 3 is 2.38 bits per heavy atom. The molecule has 2 N–H and O–H groups in total. The van der Waals surface area contributed by atoms with Crippen molar-refractivity contribution in [3.05, 3.63) is 53.3 Å². The van der Waals surface area contributed by atoms with Gasteiger partial charge in [0.25, 0.3) is 0 Å². The topological polar surface area (TPSA) is 43.8 Å². The Hall–Kier alpha value is -2.34. The van der Waals surface area contributed by atoms with E-state index in [9.17, 15) is 13.2 Å². The summed E-state index contributed by atoms with van der Waals surface area (Å²) < 4.78 is 41.5. The Labute approximate surface area is 118 Å². The third-order valence-corrected chi connectivity index (χ3v) is 3.42. The first-order valence-corrected chi connectivity index (χ1v) is 6.31. The lowest BCUT2D eigenvalue weighted by Gasteiger charge is -2.04. The molecule has 3 rings (SSSR count). The minimum absolute atomic E-state index is 0.180. The molecule has 0 saturated carbocycles. The monoisotopic (exact) mass is 291 g/mol. The molecule has 0 aliphatic carbocycles. The van der Waals surface area contributed by atoms with Gasteiger partial charge < -0.3 is 10.3 Å². The molecule has 6 heteroatoms. The molecular formula is C15H12F3N3. The standard InChI is InChI=1S/C15H12F3N3/c1-21-13-4-8(7-19)2-3-12(13)20-15(21)9-5-10(16)14(18)11(17)6-9/h2-6H,7,19H2,1H3. The Bertz CT molecular complexity index is 817. The minimum Gasteiger partial charge on any atom is -0.327 e. The van der Waals surface area contributed by atoms with Crippen molar-refractivity contribution in [1.82, 2.24) is 9.55 Å². The highest BCUT2D eigenvalue weighted by atomic mass is 19.2. The largest absolute Gasteiger partial charge is 0.327 e. The zero-order valence-corrected chi connectivity index (χ0v) is 11.2. The number of halogens is 3. The van der Waals surface area contributed by atoms with E-state index in [1.807, 2.05) is 12.1 Å². The number of fused-ring (bicyclic) bond motifs is 1. The predicted molar refractivity (Wildman–Crippen MR) is 73.9 cm³/mol. The van der Waals surface area contributed by atoms with Gasteiger partial charge in [-0.2, -0.15) is 0 Å². The number of benzene rings is 2. The molecule has 0 atom stereocenters. The number of hydrogen-bond donors (Lipinski definition) is 1. The fraction of sp³-hybridized carbons (Fsp3) is 0.133. The molecule has 0 spiro atoms. The number of nitrogens with zero attached hydrogens (tertiary/aromatic N) is 2. The summed E-state index contributed by atoms with van der Waals surface area (Å²) in [7, 11) is 1.73. The summed E-state index contributed by atoms with van der Waals surface area (Å²) in [5, 5.41) is 0. The van der Waals surface area contributed by atoms with Gasteiger partial charge in [-0.1, -0.05) is 6.07 Å². The Morgan fingerprint density at radius 1 is 1.10 bits per heavy atom. The van der Waals surface area contributed by atoms with E-state index in [4.69, 9.17) is 5.73 Å². The molecule has 3 aromatic rings. The molecule has 108 valence electrons. The van der Waals surface area contributed by atoms with Crippen molar-refractivity contribution in [3.8, 4) is 11.4 Å². The maximum Gasteiger partial charge on any atom is 0.194 e. The summed E-state index contributed by atoms with van der Waals surface area (Å²) >= 11 is 0. The number of imidazole rings is 1. The van der Waals surface area contributed by atoms with Crippen LogP contribution in [0.1, 0.15) is 5.56 Å². The first-order chi connectivity index (χ1) is 10.0. The van der Waals surface area contributed by atoms with Crippen molar-refractivity contribution in [2.45, 2.75) is 6.54 Å². The summed E-state index contributed by atoms with van der Waals surface area (Å²) in [4.78, 5) is 4.34. The molecule has 1 aromatic heterocycles. The summed E-state index contributed by atoms with van der Waals surface area (Å²) in [5.41, 5.74) is 8.16. The molecule has 1 heterocycles. The molecular weight excluding hydrogens is 279 g/mol. The Morgan fingerprint density at radius 2 is 1.76 bits per heavy atom. The molecule has 0 aliphatic rings. The van der Waals surface area contributed by atoms with E-state index in [-0.39, 0.29) is 5.56 Å². The average Bonchev–Trinajstić information content (AvgIpc) is 2.81. The van der Waals surface area contributed by atoms with Crippen LogP contribution in [0.25, 0.3) is 22.4 Å². The van der Waals surface area contributed by atoms with Gasteiger partial charge in [-0.15, -0.1) is 0 Å². The van der Waals surface area contributed by atoms with E-state index in [0.717, 1.165) is 23.2 Å². The molecule has 0 unspecified atom stereocenters. The van der Waals surface area contributed by atoms with E-state index in [1.54, 1.807) is 17.7 Å². The lowest BCUT2D eigenvalue weighted by molar-refractivity contribution is 0.447. The van der Waals surface area contributed by atoms with Gasteiger partial charge in [-0.3, -0.25) is 0 Å². The van der Waals surface area contributed by atoms with Crippen LogP contribution in [0.15, 0.2) is 30.3 Å². The lowest BCUT2D eigenvalue weighted by Crippen LogP contribution is -1.98. The zero-order valence-electron chi connectivity index (χ0n) is 11.2. The van der Waals surface area contributed by atoms with Crippen molar-refractivity contribution in [1.29, 1.82) is 0 Å². The van der Waals surface area contributed by atoms with E-state index >= 15 is 0 Å². The predicted octanol–water partition coefficient (Wildman–Crippen LogP) is 3.12. The maximum absolute atomic E-state index is 13.4. The smallest absolute Gasteiger partial charge is 0.194 e. The molecule has 0 saturated heterocycles. The molecule has 0 aliphatic heterocycles. The highest BCUT2D eigenvalue weighted by molar-refractivity contribution is 5.81.